The quantitative estimate of drug-likeness (QED) is 0.776. The lowest BCUT2D eigenvalue weighted by Crippen LogP contribution is -2.16. The maximum atomic E-state index is 12.4. The molecule has 0 saturated heterocycles. The summed E-state index contributed by atoms with van der Waals surface area (Å²) in [6.45, 7) is 2.08. The topological polar surface area (TPSA) is 118 Å². The number of sulfonamides is 1. The van der Waals surface area contributed by atoms with E-state index in [9.17, 15) is 13.2 Å². The van der Waals surface area contributed by atoms with Crippen LogP contribution >= 0.6 is 23.2 Å². The van der Waals surface area contributed by atoms with E-state index in [2.05, 4.69) is 14.7 Å². The summed E-state index contributed by atoms with van der Waals surface area (Å²) in [4.78, 5) is 17.7. The molecular formula is C13H11Cl2N3O5S. The Kier molecular flexibility index (Phi) is 5.47. The molecule has 24 heavy (non-hydrogen) atoms. The number of benzene rings is 1. The summed E-state index contributed by atoms with van der Waals surface area (Å²) in [7, 11) is -4.13. The third kappa shape index (κ3) is 4.05. The Balaban J connectivity index is 2.33. The first-order valence-corrected chi connectivity index (χ1v) is 8.68. The minimum atomic E-state index is -4.13. The molecule has 0 spiro atoms. The predicted octanol–water partition coefficient (Wildman–Crippen LogP) is 2.68. The summed E-state index contributed by atoms with van der Waals surface area (Å²) in [6, 6.07) is 2.43. The molecule has 0 fully saturated rings. The van der Waals surface area contributed by atoms with Crippen molar-refractivity contribution < 1.29 is 23.1 Å². The highest BCUT2D eigenvalue weighted by molar-refractivity contribution is 7.92. The van der Waals surface area contributed by atoms with Gasteiger partial charge >= 0.3 is 5.97 Å². The van der Waals surface area contributed by atoms with Gasteiger partial charge in [-0.15, -0.1) is 0 Å². The van der Waals surface area contributed by atoms with Crippen LogP contribution in [0, 0.1) is 0 Å². The number of anilines is 1. The van der Waals surface area contributed by atoms with E-state index >= 15 is 0 Å². The van der Waals surface area contributed by atoms with E-state index < -0.39 is 16.0 Å². The SMILES string of the molecule is CCOc1cc(Cl)c(S(=O)(=O)Nc2ncc(C(=O)O)cn2)cc1Cl. The number of carbonyl (C=O) groups is 1. The summed E-state index contributed by atoms with van der Waals surface area (Å²) in [5.41, 5.74) is -0.180. The largest absolute Gasteiger partial charge is 0.492 e. The van der Waals surface area contributed by atoms with Crippen molar-refractivity contribution in [3.63, 3.8) is 0 Å². The van der Waals surface area contributed by atoms with E-state index in [1.807, 2.05) is 0 Å². The second-order valence-corrected chi connectivity index (χ2v) is 6.82. The summed E-state index contributed by atoms with van der Waals surface area (Å²) in [5.74, 6) is -1.28. The molecule has 128 valence electrons. The van der Waals surface area contributed by atoms with E-state index in [1.165, 1.54) is 6.07 Å². The van der Waals surface area contributed by atoms with Crippen LogP contribution < -0.4 is 9.46 Å². The highest BCUT2D eigenvalue weighted by atomic mass is 35.5. The zero-order valence-electron chi connectivity index (χ0n) is 12.2. The van der Waals surface area contributed by atoms with Crippen LogP contribution in [0.15, 0.2) is 29.4 Å². The lowest BCUT2D eigenvalue weighted by molar-refractivity contribution is 0.0696. The van der Waals surface area contributed by atoms with Crippen molar-refractivity contribution in [2.45, 2.75) is 11.8 Å². The molecule has 2 aromatic rings. The van der Waals surface area contributed by atoms with Gasteiger partial charge in [0.15, 0.2) is 0 Å². The number of carboxylic acids is 1. The molecular weight excluding hydrogens is 381 g/mol. The summed E-state index contributed by atoms with van der Waals surface area (Å²) in [6.07, 6.45) is 1.94. The first-order valence-electron chi connectivity index (χ1n) is 6.44. The molecule has 1 aromatic carbocycles. The fraction of sp³-hybridized carbons (Fsp3) is 0.154. The smallest absolute Gasteiger partial charge is 0.338 e. The van der Waals surface area contributed by atoms with Crippen LogP contribution in [0.2, 0.25) is 10.0 Å². The summed E-state index contributed by atoms with van der Waals surface area (Å²) in [5, 5.41) is 8.73. The molecule has 2 N–H and O–H groups in total. The predicted molar refractivity (Wildman–Crippen MR) is 87.4 cm³/mol. The zero-order chi connectivity index (χ0) is 17.9. The second-order valence-electron chi connectivity index (χ2n) is 4.35. The highest BCUT2D eigenvalue weighted by Crippen LogP contribution is 2.34. The Morgan fingerprint density at radius 3 is 2.42 bits per heavy atom. The van der Waals surface area contributed by atoms with Crippen LogP contribution in [0.5, 0.6) is 5.75 Å². The molecule has 1 heterocycles. The molecule has 0 amide bonds. The zero-order valence-corrected chi connectivity index (χ0v) is 14.5. The van der Waals surface area contributed by atoms with E-state index in [1.54, 1.807) is 6.92 Å². The molecule has 0 bridgehead atoms. The molecule has 0 aliphatic rings. The fourth-order valence-electron chi connectivity index (χ4n) is 1.65. The number of nitrogens with one attached hydrogen (secondary N) is 1. The number of nitrogens with zero attached hydrogens (tertiary/aromatic N) is 2. The van der Waals surface area contributed by atoms with Gasteiger partial charge in [-0.05, 0) is 13.0 Å². The van der Waals surface area contributed by atoms with Crippen molar-refractivity contribution in [2.75, 3.05) is 11.3 Å². The number of halogens is 2. The standard InChI is InChI=1S/C13H11Cl2N3O5S/c1-2-23-10-3-9(15)11(4-8(10)14)24(21,22)18-13-16-5-7(6-17-13)12(19)20/h3-6H,2H2,1H3,(H,19,20)(H,16,17,18). The number of hydrogen-bond acceptors (Lipinski definition) is 6. The number of ether oxygens (including phenoxy) is 1. The van der Waals surface area contributed by atoms with Gasteiger partial charge < -0.3 is 9.84 Å². The average Bonchev–Trinajstić information content (AvgIpc) is 2.50. The van der Waals surface area contributed by atoms with Gasteiger partial charge in [0, 0.05) is 18.5 Å². The van der Waals surface area contributed by atoms with Gasteiger partial charge in [-0.1, -0.05) is 23.2 Å². The van der Waals surface area contributed by atoms with Crippen molar-refractivity contribution >= 4 is 45.1 Å². The van der Waals surface area contributed by atoms with Crippen LogP contribution in [0.25, 0.3) is 0 Å². The third-order valence-corrected chi connectivity index (χ3v) is 4.79. The molecule has 8 nitrogen and oxygen atoms in total. The number of aromatic nitrogens is 2. The van der Waals surface area contributed by atoms with Crippen LogP contribution in [-0.2, 0) is 10.0 Å². The maximum Gasteiger partial charge on any atom is 0.338 e. The first-order chi connectivity index (χ1) is 11.2. The van der Waals surface area contributed by atoms with E-state index in [0.717, 1.165) is 18.5 Å². The Hall–Kier alpha value is -2.10. The third-order valence-electron chi connectivity index (χ3n) is 2.70. The van der Waals surface area contributed by atoms with Gasteiger partial charge in [-0.3, -0.25) is 0 Å². The summed E-state index contributed by atoms with van der Waals surface area (Å²) >= 11 is 12.0. The van der Waals surface area contributed by atoms with Crippen LogP contribution in [0.3, 0.4) is 0 Å². The van der Waals surface area contributed by atoms with Crippen molar-refractivity contribution in [1.82, 2.24) is 9.97 Å². The van der Waals surface area contributed by atoms with Crippen molar-refractivity contribution in [2.24, 2.45) is 0 Å². The second kappa shape index (κ2) is 7.20. The van der Waals surface area contributed by atoms with Crippen LogP contribution in [0.1, 0.15) is 17.3 Å². The molecule has 0 atom stereocenters. The lowest BCUT2D eigenvalue weighted by Gasteiger charge is -2.11. The molecule has 0 saturated carbocycles. The number of carboxylic acid groups (broad SMARTS) is 1. The minimum Gasteiger partial charge on any atom is -0.492 e. The first kappa shape index (κ1) is 18.2. The van der Waals surface area contributed by atoms with E-state index in [-0.39, 0.29) is 32.2 Å². The van der Waals surface area contributed by atoms with Crippen LogP contribution in [-0.4, -0.2) is 36.1 Å². The average molecular weight is 392 g/mol. The van der Waals surface area contributed by atoms with Crippen molar-refractivity contribution in [1.29, 1.82) is 0 Å². The van der Waals surface area contributed by atoms with E-state index in [0.29, 0.717) is 6.61 Å². The number of aromatic carboxylic acids is 1. The van der Waals surface area contributed by atoms with Gasteiger partial charge in [-0.2, -0.15) is 0 Å². The molecule has 0 aliphatic carbocycles. The molecule has 11 heteroatoms. The number of rotatable bonds is 6. The Morgan fingerprint density at radius 1 is 1.25 bits per heavy atom. The molecule has 0 unspecified atom stereocenters. The summed E-state index contributed by atoms with van der Waals surface area (Å²) < 4.78 is 32.1. The Morgan fingerprint density at radius 2 is 1.88 bits per heavy atom. The van der Waals surface area contributed by atoms with Gasteiger partial charge in [-0.25, -0.2) is 27.9 Å². The molecule has 0 radical (unpaired) electrons. The van der Waals surface area contributed by atoms with Crippen molar-refractivity contribution in [3.05, 3.63) is 40.1 Å². The normalized spacial score (nSPS) is 11.1. The molecule has 1 aromatic heterocycles. The highest BCUT2D eigenvalue weighted by Gasteiger charge is 2.22. The minimum absolute atomic E-state index is 0.0729. The maximum absolute atomic E-state index is 12.4. The molecule has 2 rings (SSSR count). The lowest BCUT2D eigenvalue weighted by atomic mass is 10.3. The van der Waals surface area contributed by atoms with Gasteiger partial charge in [0.2, 0.25) is 5.95 Å². The number of hydrogen-bond donors (Lipinski definition) is 2. The van der Waals surface area contributed by atoms with Gasteiger partial charge in [0.05, 0.1) is 22.2 Å². The Bertz CT molecular complexity index is 872. The van der Waals surface area contributed by atoms with Gasteiger partial charge in [0.1, 0.15) is 10.6 Å². The van der Waals surface area contributed by atoms with Crippen LogP contribution in [0.4, 0.5) is 5.95 Å². The Labute approximate surface area is 147 Å². The van der Waals surface area contributed by atoms with E-state index in [4.69, 9.17) is 33.0 Å². The molecule has 0 aliphatic heterocycles. The van der Waals surface area contributed by atoms with Gasteiger partial charge in [0.25, 0.3) is 10.0 Å². The monoisotopic (exact) mass is 391 g/mol. The van der Waals surface area contributed by atoms with Crippen molar-refractivity contribution in [3.8, 4) is 5.75 Å². The fourth-order valence-corrected chi connectivity index (χ4v) is 3.43.